The van der Waals surface area contributed by atoms with Gasteiger partial charge in [-0.3, -0.25) is 0 Å². The zero-order valence-corrected chi connectivity index (χ0v) is 7.65. The van der Waals surface area contributed by atoms with Crippen LogP contribution in [0.4, 0.5) is 0 Å². The highest BCUT2D eigenvalue weighted by molar-refractivity contribution is 7.92. The molecule has 7 heteroatoms. The largest absolute Gasteiger partial charge is 0.476 e. The normalized spacial score (nSPS) is 11.4. The van der Waals surface area contributed by atoms with E-state index in [4.69, 9.17) is 5.11 Å². The number of carbonyl (C=O) groups is 1. The van der Waals surface area contributed by atoms with E-state index in [1.54, 1.807) is 0 Å². The molecular weight excluding hydrogens is 202 g/mol. The van der Waals surface area contributed by atoms with Crippen LogP contribution in [0.1, 0.15) is 10.5 Å². The number of rotatable bonds is 2. The van der Waals surface area contributed by atoms with Gasteiger partial charge in [-0.1, -0.05) is 0 Å². The molecule has 66 valence electrons. The predicted octanol–water partition coefficient (Wildman–Crippen LogP) is 0.245. The summed E-state index contributed by atoms with van der Waals surface area (Å²) in [6.07, 6.45) is 1.01. The molecule has 0 atom stereocenters. The molecule has 0 radical (unpaired) electrons. The van der Waals surface area contributed by atoms with E-state index in [0.29, 0.717) is 11.5 Å². The second kappa shape index (κ2) is 2.83. The molecule has 0 saturated carbocycles. The van der Waals surface area contributed by atoms with E-state index in [0.717, 1.165) is 12.3 Å². The highest BCUT2D eigenvalue weighted by Crippen LogP contribution is 2.15. The van der Waals surface area contributed by atoms with Gasteiger partial charge in [-0.15, -0.1) is 0 Å². The fourth-order valence-corrected chi connectivity index (χ4v) is 2.00. The topological polar surface area (TPSA) is 84.3 Å². The summed E-state index contributed by atoms with van der Waals surface area (Å²) in [5, 5.41) is 8.41. The van der Waals surface area contributed by atoms with Crippen LogP contribution in [0, 0.1) is 0 Å². The number of hydrogen-bond donors (Lipinski definition) is 1. The van der Waals surface area contributed by atoms with Crippen LogP contribution < -0.4 is 0 Å². The first kappa shape index (κ1) is 9.14. The summed E-state index contributed by atoms with van der Waals surface area (Å²) in [7, 11) is -3.32. The van der Waals surface area contributed by atoms with Crippen LogP contribution in [-0.4, -0.2) is 30.1 Å². The molecule has 1 heterocycles. The van der Waals surface area contributed by atoms with E-state index in [2.05, 4.69) is 4.37 Å². The van der Waals surface area contributed by atoms with Crippen molar-refractivity contribution in [1.29, 1.82) is 0 Å². The number of sulfone groups is 1. The predicted molar refractivity (Wildman–Crippen MR) is 42.2 cm³/mol. The maximum absolute atomic E-state index is 10.8. The molecule has 0 aliphatic carbocycles. The van der Waals surface area contributed by atoms with Crippen molar-refractivity contribution >= 4 is 27.3 Å². The van der Waals surface area contributed by atoms with Gasteiger partial charge in [0, 0.05) is 12.3 Å². The lowest BCUT2D eigenvalue weighted by Gasteiger charge is -1.85. The summed E-state index contributed by atoms with van der Waals surface area (Å²) in [5.74, 6) is -1.22. The van der Waals surface area contributed by atoms with E-state index in [-0.39, 0.29) is 9.90 Å². The van der Waals surface area contributed by atoms with Gasteiger partial charge >= 0.3 is 5.97 Å². The Morgan fingerprint density at radius 2 is 2.25 bits per heavy atom. The van der Waals surface area contributed by atoms with Crippen LogP contribution >= 0.6 is 11.5 Å². The average molecular weight is 207 g/mol. The molecule has 1 aromatic heterocycles. The third-order valence-electron chi connectivity index (χ3n) is 1.07. The van der Waals surface area contributed by atoms with E-state index in [9.17, 15) is 13.2 Å². The van der Waals surface area contributed by atoms with Gasteiger partial charge in [0.25, 0.3) is 0 Å². The van der Waals surface area contributed by atoms with Crippen molar-refractivity contribution in [3.63, 3.8) is 0 Å². The number of aromatic carboxylic acids is 1. The molecule has 0 bridgehead atoms. The minimum absolute atomic E-state index is 0.0279. The molecule has 1 N–H and O–H groups in total. The first-order valence-corrected chi connectivity index (χ1v) is 5.48. The standard InChI is InChI=1S/C5H5NO4S2/c1-12(9,10)4-2-3(5(7)8)6-11-4/h2H,1H3,(H,7,8). The lowest BCUT2D eigenvalue weighted by Crippen LogP contribution is -1.96. The van der Waals surface area contributed by atoms with Crippen LogP contribution in [-0.2, 0) is 9.84 Å². The van der Waals surface area contributed by atoms with Crippen molar-refractivity contribution in [2.75, 3.05) is 6.26 Å². The minimum atomic E-state index is -3.32. The molecule has 0 aliphatic heterocycles. The van der Waals surface area contributed by atoms with Gasteiger partial charge in [0.05, 0.1) is 0 Å². The van der Waals surface area contributed by atoms with Crippen molar-refractivity contribution in [3.05, 3.63) is 11.8 Å². The summed E-state index contributed by atoms with van der Waals surface area (Å²) < 4.78 is 25.1. The fourth-order valence-electron chi connectivity index (χ4n) is 0.534. The molecule has 0 fully saturated rings. The maximum atomic E-state index is 10.8. The van der Waals surface area contributed by atoms with E-state index < -0.39 is 15.8 Å². The van der Waals surface area contributed by atoms with Crippen molar-refractivity contribution in [2.24, 2.45) is 0 Å². The molecule has 0 aliphatic rings. The highest BCUT2D eigenvalue weighted by Gasteiger charge is 2.15. The van der Waals surface area contributed by atoms with Crippen LogP contribution in [0.5, 0.6) is 0 Å². The Hall–Kier alpha value is -0.950. The molecule has 0 amide bonds. The lowest BCUT2D eigenvalue weighted by molar-refractivity contribution is 0.0691. The summed E-state index contributed by atoms with van der Waals surface area (Å²) in [4.78, 5) is 10.3. The zero-order chi connectivity index (χ0) is 9.35. The highest BCUT2D eigenvalue weighted by atomic mass is 32.2. The molecule has 5 nitrogen and oxygen atoms in total. The van der Waals surface area contributed by atoms with Crippen molar-refractivity contribution in [2.45, 2.75) is 4.21 Å². The van der Waals surface area contributed by atoms with Crippen LogP contribution in [0.2, 0.25) is 0 Å². The number of carboxylic acid groups (broad SMARTS) is 1. The Morgan fingerprint density at radius 3 is 2.50 bits per heavy atom. The molecule has 1 aromatic rings. The first-order valence-electron chi connectivity index (χ1n) is 2.81. The maximum Gasteiger partial charge on any atom is 0.355 e. The van der Waals surface area contributed by atoms with E-state index in [1.165, 1.54) is 0 Å². The minimum Gasteiger partial charge on any atom is -0.476 e. The summed E-state index contributed by atoms with van der Waals surface area (Å²) in [6.45, 7) is 0. The van der Waals surface area contributed by atoms with Gasteiger partial charge in [-0.2, -0.15) is 4.37 Å². The fraction of sp³-hybridized carbons (Fsp3) is 0.200. The number of carboxylic acids is 1. The second-order valence-electron chi connectivity index (χ2n) is 2.11. The molecule has 0 saturated heterocycles. The van der Waals surface area contributed by atoms with Crippen molar-refractivity contribution in [1.82, 2.24) is 4.37 Å². The molecule has 0 aromatic carbocycles. The van der Waals surface area contributed by atoms with Gasteiger partial charge in [0.15, 0.2) is 15.5 Å². The third-order valence-corrected chi connectivity index (χ3v) is 3.64. The number of aromatic nitrogens is 1. The van der Waals surface area contributed by atoms with Gasteiger partial charge in [0.2, 0.25) is 0 Å². The number of hydrogen-bond acceptors (Lipinski definition) is 5. The van der Waals surface area contributed by atoms with Crippen LogP contribution in [0.15, 0.2) is 10.3 Å². The Balaban J connectivity index is 3.17. The summed E-state index contributed by atoms with van der Waals surface area (Å²) in [6, 6.07) is 1.04. The molecular formula is C5H5NO4S2. The Labute approximate surface area is 72.7 Å². The van der Waals surface area contributed by atoms with Gasteiger partial charge in [-0.25, -0.2) is 13.2 Å². The quantitative estimate of drug-likeness (QED) is 0.751. The van der Waals surface area contributed by atoms with Crippen molar-refractivity contribution < 1.29 is 18.3 Å². The smallest absolute Gasteiger partial charge is 0.355 e. The SMILES string of the molecule is CS(=O)(=O)c1cc(C(=O)O)ns1. The zero-order valence-electron chi connectivity index (χ0n) is 6.01. The molecule has 1 rings (SSSR count). The molecule has 0 spiro atoms. The van der Waals surface area contributed by atoms with Crippen molar-refractivity contribution in [3.8, 4) is 0 Å². The van der Waals surface area contributed by atoms with Crippen LogP contribution in [0.25, 0.3) is 0 Å². The number of nitrogens with zero attached hydrogens (tertiary/aromatic N) is 1. The monoisotopic (exact) mass is 207 g/mol. The van der Waals surface area contributed by atoms with Gasteiger partial charge in [0.1, 0.15) is 4.21 Å². The molecule has 12 heavy (non-hydrogen) atoms. The Bertz CT molecular complexity index is 405. The summed E-state index contributed by atoms with van der Waals surface area (Å²) in [5.41, 5.74) is -0.236. The lowest BCUT2D eigenvalue weighted by atomic mass is 10.5. The Kier molecular flexibility index (Phi) is 2.16. The summed E-state index contributed by atoms with van der Waals surface area (Å²) >= 11 is 0.666. The third kappa shape index (κ3) is 1.80. The first-order chi connectivity index (χ1) is 5.41. The Morgan fingerprint density at radius 1 is 1.67 bits per heavy atom. The average Bonchev–Trinajstić information content (AvgIpc) is 2.30. The van der Waals surface area contributed by atoms with Gasteiger partial charge < -0.3 is 5.11 Å². The second-order valence-corrected chi connectivity index (χ2v) is 5.16. The molecule has 0 unspecified atom stereocenters. The van der Waals surface area contributed by atoms with E-state index in [1.807, 2.05) is 0 Å². The van der Waals surface area contributed by atoms with Gasteiger partial charge in [-0.05, 0) is 11.5 Å². The van der Waals surface area contributed by atoms with E-state index >= 15 is 0 Å². The van der Waals surface area contributed by atoms with Crippen LogP contribution in [0.3, 0.4) is 0 Å².